The van der Waals surface area contributed by atoms with Gasteiger partial charge in [-0.3, -0.25) is 10.8 Å². The number of hydrogen-bond donors (Lipinski definition) is 2. The van der Waals surface area contributed by atoms with Crippen molar-refractivity contribution in [1.29, 1.82) is 0 Å². The first kappa shape index (κ1) is 15.3. The average molecular weight is 297 g/mol. The summed E-state index contributed by atoms with van der Waals surface area (Å²) >= 11 is 0. The lowest BCUT2D eigenvalue weighted by Crippen LogP contribution is -2.29. The van der Waals surface area contributed by atoms with Gasteiger partial charge in [-0.05, 0) is 36.2 Å². The summed E-state index contributed by atoms with van der Waals surface area (Å²) in [6, 6.07) is 8.79. The van der Waals surface area contributed by atoms with Gasteiger partial charge in [0, 0.05) is 11.9 Å². The number of rotatable bonds is 4. The zero-order valence-corrected chi connectivity index (χ0v) is 11.2. The fourth-order valence-corrected chi connectivity index (χ4v) is 1.93. The Morgan fingerprint density at radius 1 is 1.19 bits per heavy atom. The maximum atomic E-state index is 12.3. The highest BCUT2D eigenvalue weighted by Crippen LogP contribution is 2.27. The quantitative estimate of drug-likeness (QED) is 0.673. The number of nitrogens with one attached hydrogen (secondary N) is 1. The summed E-state index contributed by atoms with van der Waals surface area (Å²) in [5, 5.41) is 0. The van der Waals surface area contributed by atoms with Crippen LogP contribution in [0.4, 0.5) is 13.2 Å². The normalized spacial score (nSPS) is 13.0. The highest BCUT2D eigenvalue weighted by atomic mass is 19.4. The fourth-order valence-electron chi connectivity index (χ4n) is 1.93. The highest BCUT2D eigenvalue weighted by molar-refractivity contribution is 5.36. The second-order valence-electron chi connectivity index (χ2n) is 4.45. The largest absolute Gasteiger partial charge is 0.573 e. The molecule has 1 unspecified atom stereocenters. The van der Waals surface area contributed by atoms with E-state index in [1.807, 2.05) is 13.0 Å². The molecule has 4 nitrogen and oxygen atoms in total. The van der Waals surface area contributed by atoms with E-state index in [0.717, 1.165) is 11.3 Å². The predicted molar refractivity (Wildman–Crippen MR) is 71.3 cm³/mol. The molecule has 2 rings (SSSR count). The van der Waals surface area contributed by atoms with Crippen molar-refractivity contribution in [3.05, 3.63) is 59.4 Å². The van der Waals surface area contributed by atoms with Gasteiger partial charge < -0.3 is 4.74 Å². The van der Waals surface area contributed by atoms with Crippen molar-refractivity contribution < 1.29 is 17.9 Å². The van der Waals surface area contributed by atoms with Gasteiger partial charge in [-0.1, -0.05) is 18.2 Å². The van der Waals surface area contributed by atoms with Crippen molar-refractivity contribution in [3.63, 3.8) is 0 Å². The predicted octanol–water partition coefficient (Wildman–Crippen LogP) is 2.84. The zero-order chi connectivity index (χ0) is 15.5. The van der Waals surface area contributed by atoms with Crippen molar-refractivity contribution in [2.75, 3.05) is 0 Å². The molecule has 0 radical (unpaired) electrons. The van der Waals surface area contributed by atoms with Gasteiger partial charge in [0.25, 0.3) is 0 Å². The number of hydrogen-bond acceptors (Lipinski definition) is 4. The van der Waals surface area contributed by atoms with Crippen LogP contribution >= 0.6 is 0 Å². The molecule has 0 aliphatic rings. The van der Waals surface area contributed by atoms with E-state index >= 15 is 0 Å². The Balaban J connectivity index is 2.30. The van der Waals surface area contributed by atoms with Crippen LogP contribution in [0.25, 0.3) is 0 Å². The molecule has 0 aliphatic heterocycles. The van der Waals surface area contributed by atoms with Gasteiger partial charge in [-0.15, -0.1) is 13.2 Å². The van der Waals surface area contributed by atoms with Crippen LogP contribution in [0.1, 0.15) is 22.9 Å². The molecule has 3 N–H and O–H groups in total. The molecule has 1 atom stereocenters. The summed E-state index contributed by atoms with van der Waals surface area (Å²) in [5.41, 5.74) is 4.69. The second kappa shape index (κ2) is 6.11. The molecule has 0 bridgehead atoms. The van der Waals surface area contributed by atoms with Crippen LogP contribution in [0.3, 0.4) is 0 Å². The molecule has 2 aromatic rings. The second-order valence-corrected chi connectivity index (χ2v) is 4.45. The van der Waals surface area contributed by atoms with Crippen molar-refractivity contribution >= 4 is 0 Å². The van der Waals surface area contributed by atoms with Gasteiger partial charge in [-0.2, -0.15) is 0 Å². The van der Waals surface area contributed by atoms with Crippen molar-refractivity contribution in [3.8, 4) is 5.75 Å². The minimum atomic E-state index is -4.73. The number of halogens is 3. The van der Waals surface area contributed by atoms with Gasteiger partial charge >= 0.3 is 6.36 Å². The Morgan fingerprint density at radius 2 is 1.95 bits per heavy atom. The molecule has 0 saturated heterocycles. The zero-order valence-electron chi connectivity index (χ0n) is 11.2. The molecule has 0 saturated carbocycles. The molecular weight excluding hydrogens is 283 g/mol. The first-order valence-corrected chi connectivity index (χ1v) is 6.13. The number of pyridine rings is 1. The van der Waals surface area contributed by atoms with E-state index in [9.17, 15) is 13.2 Å². The van der Waals surface area contributed by atoms with Crippen molar-refractivity contribution in [2.45, 2.75) is 19.3 Å². The molecule has 1 aromatic carbocycles. The number of aryl methyl sites for hydroxylation is 1. The molecule has 1 heterocycles. The molecule has 1 aromatic heterocycles. The van der Waals surface area contributed by atoms with Gasteiger partial charge in [0.1, 0.15) is 5.75 Å². The summed E-state index contributed by atoms with van der Waals surface area (Å²) in [6.07, 6.45) is -3.10. The summed E-state index contributed by atoms with van der Waals surface area (Å²) in [6.45, 7) is 1.84. The van der Waals surface area contributed by atoms with Crippen LogP contribution in [0.2, 0.25) is 0 Å². The van der Waals surface area contributed by atoms with Crippen LogP contribution in [-0.4, -0.2) is 11.3 Å². The highest BCUT2D eigenvalue weighted by Gasteiger charge is 2.31. The number of alkyl halides is 3. The standard InChI is InChI=1S/C14H14F3N3O/c1-9-5-6-11(8-19-9)13(20-18)10-3-2-4-12(7-10)21-14(15,16)17/h2-8,13,20H,18H2,1H3. The Labute approximate surface area is 119 Å². The van der Waals surface area contributed by atoms with Gasteiger partial charge in [0.05, 0.1) is 6.04 Å². The van der Waals surface area contributed by atoms with E-state index in [2.05, 4.69) is 15.1 Å². The average Bonchev–Trinajstić information content (AvgIpc) is 2.40. The third-order valence-corrected chi connectivity index (χ3v) is 2.86. The van der Waals surface area contributed by atoms with Crippen LogP contribution in [-0.2, 0) is 0 Å². The smallest absolute Gasteiger partial charge is 0.406 e. The molecule has 7 heteroatoms. The number of ether oxygens (including phenoxy) is 1. The molecule has 112 valence electrons. The molecule has 21 heavy (non-hydrogen) atoms. The first-order valence-electron chi connectivity index (χ1n) is 6.13. The third-order valence-electron chi connectivity index (χ3n) is 2.86. The van der Waals surface area contributed by atoms with Crippen LogP contribution < -0.4 is 16.0 Å². The van der Waals surface area contributed by atoms with E-state index < -0.39 is 12.4 Å². The number of aromatic nitrogens is 1. The summed E-state index contributed by atoms with van der Waals surface area (Å²) in [7, 11) is 0. The van der Waals surface area contributed by atoms with E-state index in [-0.39, 0.29) is 5.75 Å². The van der Waals surface area contributed by atoms with Gasteiger partial charge in [-0.25, -0.2) is 5.43 Å². The Morgan fingerprint density at radius 3 is 2.52 bits per heavy atom. The van der Waals surface area contributed by atoms with E-state index in [1.165, 1.54) is 18.2 Å². The van der Waals surface area contributed by atoms with Gasteiger partial charge in [0.15, 0.2) is 0 Å². The van der Waals surface area contributed by atoms with Crippen LogP contribution in [0, 0.1) is 6.92 Å². The third kappa shape index (κ3) is 4.17. The van der Waals surface area contributed by atoms with Crippen molar-refractivity contribution in [1.82, 2.24) is 10.4 Å². The summed E-state index contributed by atoms with van der Waals surface area (Å²) in [4.78, 5) is 4.15. The van der Waals surface area contributed by atoms with Crippen molar-refractivity contribution in [2.24, 2.45) is 5.84 Å². The Bertz CT molecular complexity index is 599. The van der Waals surface area contributed by atoms with E-state index in [1.54, 1.807) is 18.3 Å². The van der Waals surface area contributed by atoms with Crippen LogP contribution in [0.5, 0.6) is 5.75 Å². The molecule has 0 aliphatic carbocycles. The SMILES string of the molecule is Cc1ccc(C(NN)c2cccc(OC(F)(F)F)c2)cn1. The first-order chi connectivity index (χ1) is 9.89. The van der Waals surface area contributed by atoms with E-state index in [0.29, 0.717) is 5.56 Å². The Hall–Kier alpha value is -2.12. The van der Waals surface area contributed by atoms with Crippen LogP contribution in [0.15, 0.2) is 42.6 Å². The molecule has 0 fully saturated rings. The fraction of sp³-hybridized carbons (Fsp3) is 0.214. The monoisotopic (exact) mass is 297 g/mol. The molecule has 0 spiro atoms. The lowest BCUT2D eigenvalue weighted by Gasteiger charge is -2.18. The number of benzene rings is 1. The number of nitrogens with zero attached hydrogens (tertiary/aromatic N) is 1. The minimum Gasteiger partial charge on any atom is -0.406 e. The van der Waals surface area contributed by atoms with Gasteiger partial charge in [0.2, 0.25) is 0 Å². The lowest BCUT2D eigenvalue weighted by molar-refractivity contribution is -0.274. The maximum absolute atomic E-state index is 12.3. The minimum absolute atomic E-state index is 0.291. The summed E-state index contributed by atoms with van der Waals surface area (Å²) < 4.78 is 40.7. The topological polar surface area (TPSA) is 60.2 Å². The lowest BCUT2D eigenvalue weighted by atomic mass is 10.0. The van der Waals surface area contributed by atoms with E-state index in [4.69, 9.17) is 5.84 Å². The number of nitrogens with two attached hydrogens (primary N) is 1. The Kier molecular flexibility index (Phi) is 4.44. The number of hydrazine groups is 1. The molecule has 0 amide bonds. The molecular formula is C14H14F3N3O. The summed E-state index contributed by atoms with van der Waals surface area (Å²) in [5.74, 6) is 5.22. The maximum Gasteiger partial charge on any atom is 0.573 e.